The number of carbonyl (C=O) groups excluding carboxylic acids is 1. The number of ether oxygens (including phenoxy) is 1. The number of nitrogens with one attached hydrogen (secondary N) is 1. The van der Waals surface area contributed by atoms with Gasteiger partial charge in [-0.25, -0.2) is 13.6 Å². The van der Waals surface area contributed by atoms with Crippen LogP contribution in [-0.4, -0.2) is 52.4 Å². The minimum absolute atomic E-state index is 0.0314. The summed E-state index contributed by atoms with van der Waals surface area (Å²) in [7, 11) is 1.49. The van der Waals surface area contributed by atoms with Crippen molar-refractivity contribution in [3.05, 3.63) is 63.1 Å². The molecule has 7 nitrogen and oxygen atoms in total. The van der Waals surface area contributed by atoms with Crippen LogP contribution in [0.1, 0.15) is 23.6 Å². The number of aliphatic hydroxyl groups excluding tert-OH is 1. The van der Waals surface area contributed by atoms with E-state index in [1.165, 1.54) is 14.0 Å². The van der Waals surface area contributed by atoms with Crippen molar-refractivity contribution >= 4 is 27.9 Å². The number of hydrogen-bond donors (Lipinski definition) is 3. The van der Waals surface area contributed by atoms with Crippen molar-refractivity contribution in [3.63, 3.8) is 0 Å². The first-order valence-corrected chi connectivity index (χ1v) is 10.6. The average Bonchev–Trinajstić information content (AvgIpc) is 2.71. The normalized spacial score (nSPS) is 17.3. The molecule has 10 heteroatoms. The minimum Gasteiger partial charge on any atom is -0.496 e. The van der Waals surface area contributed by atoms with Gasteiger partial charge in [0.05, 0.1) is 31.8 Å². The maximum atomic E-state index is 13.7. The second-order valence-corrected chi connectivity index (χ2v) is 8.52. The molecule has 3 rings (SSSR count). The van der Waals surface area contributed by atoms with Crippen LogP contribution in [0.4, 0.5) is 13.6 Å². The van der Waals surface area contributed by atoms with Crippen LogP contribution in [0.5, 0.6) is 5.75 Å². The van der Waals surface area contributed by atoms with Gasteiger partial charge in [0.25, 0.3) is 0 Å². The number of aliphatic hydroxyl groups is 1. The van der Waals surface area contributed by atoms with E-state index in [2.05, 4.69) is 21.2 Å². The average molecular weight is 513 g/mol. The monoisotopic (exact) mass is 512 g/mol. The molecular formula is C22H23BrF2N2O5. The van der Waals surface area contributed by atoms with Crippen molar-refractivity contribution in [2.75, 3.05) is 7.11 Å². The lowest BCUT2D eigenvalue weighted by atomic mass is 9.86. The summed E-state index contributed by atoms with van der Waals surface area (Å²) in [5.74, 6) is -1.51. The second-order valence-electron chi connectivity index (χ2n) is 7.67. The van der Waals surface area contributed by atoms with Crippen molar-refractivity contribution < 1.29 is 33.3 Å². The van der Waals surface area contributed by atoms with E-state index in [1.807, 2.05) is 0 Å². The zero-order valence-corrected chi connectivity index (χ0v) is 19.0. The summed E-state index contributed by atoms with van der Waals surface area (Å²) in [5, 5.41) is 23.6. The number of carbonyl (C=O) groups is 2. The first kappa shape index (κ1) is 23.9. The highest BCUT2D eigenvalue weighted by Gasteiger charge is 2.40. The first-order chi connectivity index (χ1) is 15.1. The van der Waals surface area contributed by atoms with Crippen LogP contribution in [0.2, 0.25) is 0 Å². The van der Waals surface area contributed by atoms with Gasteiger partial charge in [0.1, 0.15) is 17.4 Å². The molecule has 2 aromatic rings. The van der Waals surface area contributed by atoms with E-state index in [0.29, 0.717) is 11.3 Å². The van der Waals surface area contributed by atoms with Crippen LogP contribution in [0, 0.1) is 11.6 Å². The van der Waals surface area contributed by atoms with Crippen molar-refractivity contribution in [2.24, 2.45) is 0 Å². The van der Waals surface area contributed by atoms with E-state index in [1.54, 1.807) is 12.1 Å². The van der Waals surface area contributed by atoms with Crippen molar-refractivity contribution in [3.8, 4) is 5.75 Å². The first-order valence-electron chi connectivity index (χ1n) is 9.84. The Bertz CT molecular complexity index is 1020. The number of halogens is 3. The molecule has 0 aliphatic carbocycles. The third-order valence-electron chi connectivity index (χ3n) is 5.51. The fraction of sp³-hybridized carbons (Fsp3) is 0.364. The number of nitrogens with zero attached hydrogens (tertiary/aromatic N) is 1. The summed E-state index contributed by atoms with van der Waals surface area (Å²) in [4.78, 5) is 24.9. The summed E-state index contributed by atoms with van der Waals surface area (Å²) in [6.45, 7) is 1.22. The predicted octanol–water partition coefficient (Wildman–Crippen LogP) is 3.25. The maximum absolute atomic E-state index is 13.7. The molecule has 0 aromatic heterocycles. The quantitative estimate of drug-likeness (QED) is 0.551. The summed E-state index contributed by atoms with van der Waals surface area (Å²) >= 11 is 3.47. The van der Waals surface area contributed by atoms with E-state index >= 15 is 0 Å². The van der Waals surface area contributed by atoms with Gasteiger partial charge in [-0.05, 0) is 48.2 Å². The van der Waals surface area contributed by atoms with Gasteiger partial charge in [-0.15, -0.1) is 0 Å². The lowest BCUT2D eigenvalue weighted by molar-refractivity contribution is -0.120. The van der Waals surface area contributed by atoms with Crippen LogP contribution in [0.3, 0.4) is 0 Å². The zero-order chi connectivity index (χ0) is 23.6. The molecule has 1 heterocycles. The lowest BCUT2D eigenvalue weighted by Crippen LogP contribution is -2.58. The Morgan fingerprint density at radius 1 is 1.25 bits per heavy atom. The number of rotatable bonds is 6. The van der Waals surface area contributed by atoms with Crippen molar-refractivity contribution in [2.45, 2.75) is 44.5 Å². The highest BCUT2D eigenvalue weighted by Crippen LogP contribution is 2.37. The summed E-state index contributed by atoms with van der Waals surface area (Å²) < 4.78 is 33.4. The number of methoxy groups -OCH3 is 1. The Morgan fingerprint density at radius 2 is 1.91 bits per heavy atom. The largest absolute Gasteiger partial charge is 0.496 e. The Hall–Kier alpha value is -2.72. The molecule has 1 aliphatic heterocycles. The highest BCUT2D eigenvalue weighted by atomic mass is 79.9. The van der Waals surface area contributed by atoms with E-state index in [0.717, 1.165) is 33.1 Å². The number of carboxylic acid groups (broad SMARTS) is 1. The summed E-state index contributed by atoms with van der Waals surface area (Å²) in [5.41, 5.74) is 1.68. The molecule has 0 saturated carbocycles. The molecule has 0 fully saturated rings. The Labute approximate surface area is 192 Å². The third kappa shape index (κ3) is 5.18. The predicted molar refractivity (Wildman–Crippen MR) is 115 cm³/mol. The Kier molecular flexibility index (Phi) is 7.35. The number of hydrogen-bond acceptors (Lipinski definition) is 4. The molecule has 2 aromatic carbocycles. The molecule has 0 spiro atoms. The molecular weight excluding hydrogens is 490 g/mol. The van der Waals surface area contributed by atoms with E-state index in [-0.39, 0.29) is 24.9 Å². The van der Waals surface area contributed by atoms with Crippen LogP contribution >= 0.6 is 15.9 Å². The fourth-order valence-electron chi connectivity index (χ4n) is 4.12. The van der Waals surface area contributed by atoms with Gasteiger partial charge in [-0.2, -0.15) is 0 Å². The molecule has 3 N–H and O–H groups in total. The topological polar surface area (TPSA) is 99.1 Å². The van der Waals surface area contributed by atoms with Crippen LogP contribution in [-0.2, 0) is 24.2 Å². The highest BCUT2D eigenvalue weighted by molar-refractivity contribution is 9.10. The Morgan fingerprint density at radius 3 is 2.47 bits per heavy atom. The van der Waals surface area contributed by atoms with Gasteiger partial charge in [-0.1, -0.05) is 15.9 Å². The van der Waals surface area contributed by atoms with Crippen LogP contribution < -0.4 is 10.1 Å². The van der Waals surface area contributed by atoms with Gasteiger partial charge in [0.2, 0.25) is 5.91 Å². The lowest BCUT2D eigenvalue weighted by Gasteiger charge is -2.41. The molecule has 0 saturated heterocycles. The van der Waals surface area contributed by atoms with Gasteiger partial charge >= 0.3 is 6.09 Å². The third-order valence-corrected chi connectivity index (χ3v) is 6.25. The number of fused-ring (bicyclic) bond motifs is 1. The van der Waals surface area contributed by atoms with Crippen LogP contribution in [0.15, 0.2) is 34.8 Å². The van der Waals surface area contributed by atoms with Crippen LogP contribution in [0.25, 0.3) is 0 Å². The molecule has 1 unspecified atom stereocenters. The fourth-order valence-corrected chi connectivity index (χ4v) is 4.65. The maximum Gasteiger partial charge on any atom is 0.407 e. The molecule has 172 valence electrons. The molecule has 1 aliphatic rings. The van der Waals surface area contributed by atoms with Crippen molar-refractivity contribution in [1.29, 1.82) is 0 Å². The smallest absolute Gasteiger partial charge is 0.407 e. The van der Waals surface area contributed by atoms with Crippen molar-refractivity contribution in [1.82, 2.24) is 10.2 Å². The molecule has 2 amide bonds. The molecule has 3 atom stereocenters. The molecule has 0 radical (unpaired) electrons. The minimum atomic E-state index is -1.35. The number of amides is 2. The number of benzene rings is 2. The van der Waals surface area contributed by atoms with E-state index in [4.69, 9.17) is 4.74 Å². The standard InChI is InChI=1S/C22H23BrF2N2O5/c1-11(28)26-18(7-12-5-13(24)8-14(25)6-12)21(29)19-9-15-16(10-27(19)22(30)31)20(32-2)4-3-17(15)23/h3-6,8,18-19,21,29H,7,9-10H2,1-2H3,(H,26,28)(H,30,31)/t18-,19?,21-/m0/s1. The Balaban J connectivity index is 1.97. The van der Waals surface area contributed by atoms with Gasteiger partial charge in [0, 0.05) is 23.0 Å². The van der Waals surface area contributed by atoms with E-state index < -0.39 is 41.8 Å². The van der Waals surface area contributed by atoms with Gasteiger partial charge < -0.3 is 20.3 Å². The van der Waals surface area contributed by atoms with E-state index in [9.17, 15) is 28.6 Å². The van der Waals surface area contributed by atoms with Gasteiger partial charge in [0.15, 0.2) is 0 Å². The summed E-state index contributed by atoms with van der Waals surface area (Å²) in [6, 6.07) is 4.54. The molecule has 32 heavy (non-hydrogen) atoms. The second kappa shape index (κ2) is 9.83. The zero-order valence-electron chi connectivity index (χ0n) is 17.4. The SMILES string of the molecule is COc1ccc(Br)c2c1CN(C(=O)O)C([C@@H](O)[C@H](Cc1cc(F)cc(F)c1)NC(C)=O)C2. The summed E-state index contributed by atoms with van der Waals surface area (Å²) in [6.07, 6.45) is -2.55. The molecule has 0 bridgehead atoms. The van der Waals surface area contributed by atoms with Gasteiger partial charge in [-0.3, -0.25) is 9.69 Å².